The zero-order valence-corrected chi connectivity index (χ0v) is 15.1. The van der Waals surface area contributed by atoms with Crippen LogP contribution in [0.2, 0.25) is 0 Å². The van der Waals surface area contributed by atoms with E-state index >= 15 is 0 Å². The minimum atomic E-state index is -3.30. The van der Waals surface area contributed by atoms with Crippen LogP contribution in [0, 0.1) is 6.92 Å². The van der Waals surface area contributed by atoms with E-state index in [-0.39, 0.29) is 30.5 Å². The fourth-order valence-electron chi connectivity index (χ4n) is 2.87. The van der Waals surface area contributed by atoms with Crippen LogP contribution < -0.4 is 5.32 Å². The lowest BCUT2D eigenvalue weighted by atomic mass is 9.87. The van der Waals surface area contributed by atoms with Crippen LogP contribution in [0.4, 0.5) is 5.69 Å². The van der Waals surface area contributed by atoms with E-state index in [1.165, 1.54) is 17.4 Å². The summed E-state index contributed by atoms with van der Waals surface area (Å²) in [6, 6.07) is 6.85. The number of amides is 1. The van der Waals surface area contributed by atoms with Crippen LogP contribution in [0.1, 0.15) is 35.0 Å². The van der Waals surface area contributed by atoms with Crippen molar-refractivity contribution < 1.29 is 22.7 Å². The largest absolute Gasteiger partial charge is 0.508 e. The molecule has 1 aromatic carbocycles. The number of nitrogens with zero attached hydrogens (tertiary/aromatic N) is 1. The Morgan fingerprint density at radius 2 is 2.08 bits per heavy atom. The maximum absolute atomic E-state index is 12.0. The molecule has 1 aliphatic heterocycles. The van der Waals surface area contributed by atoms with Gasteiger partial charge in [-0.05, 0) is 36.2 Å². The minimum Gasteiger partial charge on any atom is -0.508 e. The summed E-state index contributed by atoms with van der Waals surface area (Å²) in [4.78, 5) is 12.0. The Morgan fingerprint density at radius 3 is 2.76 bits per heavy atom. The summed E-state index contributed by atoms with van der Waals surface area (Å²) in [7, 11) is -1.82. The number of aromatic hydroxyl groups is 1. The summed E-state index contributed by atoms with van der Waals surface area (Å²) in [5, 5.41) is 12.6. The van der Waals surface area contributed by atoms with Crippen molar-refractivity contribution in [2.24, 2.45) is 0 Å². The van der Waals surface area contributed by atoms with E-state index in [4.69, 9.17) is 4.42 Å². The first-order chi connectivity index (χ1) is 11.6. The molecule has 8 heteroatoms. The van der Waals surface area contributed by atoms with E-state index < -0.39 is 10.0 Å². The fraction of sp³-hybridized carbons (Fsp3) is 0.353. The van der Waals surface area contributed by atoms with Crippen LogP contribution in [0.25, 0.3) is 0 Å². The number of anilines is 1. The van der Waals surface area contributed by atoms with Crippen molar-refractivity contribution in [3.63, 3.8) is 0 Å². The molecule has 0 aliphatic carbocycles. The van der Waals surface area contributed by atoms with Gasteiger partial charge in [0.15, 0.2) is 0 Å². The van der Waals surface area contributed by atoms with Gasteiger partial charge in [0.2, 0.25) is 15.9 Å². The number of nitrogens with one attached hydrogen (secondary N) is 1. The number of hydrogen-bond donors (Lipinski definition) is 2. The van der Waals surface area contributed by atoms with Gasteiger partial charge in [-0.1, -0.05) is 0 Å². The van der Waals surface area contributed by atoms with Crippen LogP contribution in [0.15, 0.2) is 28.7 Å². The Kier molecular flexibility index (Phi) is 4.34. The number of benzene rings is 1. The molecule has 1 aromatic heterocycles. The SMILES string of the molecule is Cc1cc2c(cc1O)NC(=O)C[C@@H]2c1ccc(CN(C)S(C)(=O)=O)o1. The van der Waals surface area contributed by atoms with Crippen molar-refractivity contribution >= 4 is 21.6 Å². The second-order valence-electron chi connectivity index (χ2n) is 6.35. The molecule has 1 amide bonds. The van der Waals surface area contributed by atoms with Gasteiger partial charge in [0, 0.05) is 25.2 Å². The third-order valence-corrected chi connectivity index (χ3v) is 5.64. The maximum Gasteiger partial charge on any atom is 0.225 e. The standard InChI is InChI=1S/C17H20N2O5S/c1-10-6-12-13(7-17(21)18-14(12)8-15(10)20)16-5-4-11(24-16)9-19(2)25(3,22)23/h4-6,8,13,20H,7,9H2,1-3H3,(H,18,21)/t13-/m0/s1. The normalized spacial score (nSPS) is 17.4. The predicted molar refractivity (Wildman–Crippen MR) is 93.0 cm³/mol. The Morgan fingerprint density at radius 1 is 1.36 bits per heavy atom. The quantitative estimate of drug-likeness (QED) is 0.866. The van der Waals surface area contributed by atoms with Crippen LogP contribution in [0.5, 0.6) is 5.75 Å². The summed E-state index contributed by atoms with van der Waals surface area (Å²) >= 11 is 0. The number of carbonyl (C=O) groups excluding carboxylic acids is 1. The van der Waals surface area contributed by atoms with Gasteiger partial charge in [0.1, 0.15) is 17.3 Å². The zero-order chi connectivity index (χ0) is 18.4. The molecule has 25 heavy (non-hydrogen) atoms. The van der Waals surface area contributed by atoms with Crippen molar-refractivity contribution in [2.45, 2.75) is 25.8 Å². The average Bonchev–Trinajstić information content (AvgIpc) is 2.95. The lowest BCUT2D eigenvalue weighted by Crippen LogP contribution is -2.24. The Hall–Kier alpha value is -2.32. The summed E-state index contributed by atoms with van der Waals surface area (Å²) < 4.78 is 30.1. The molecule has 7 nitrogen and oxygen atoms in total. The van der Waals surface area contributed by atoms with Gasteiger partial charge in [-0.15, -0.1) is 0 Å². The van der Waals surface area contributed by atoms with Gasteiger partial charge in [-0.2, -0.15) is 4.31 Å². The highest BCUT2D eigenvalue weighted by Gasteiger charge is 2.30. The molecular formula is C17H20N2O5S. The van der Waals surface area contributed by atoms with Crippen LogP contribution in [-0.2, 0) is 21.4 Å². The number of phenolic OH excluding ortho intramolecular Hbond substituents is 1. The van der Waals surface area contributed by atoms with Crippen LogP contribution in [0.3, 0.4) is 0 Å². The highest BCUT2D eigenvalue weighted by molar-refractivity contribution is 7.88. The van der Waals surface area contributed by atoms with Gasteiger partial charge >= 0.3 is 0 Å². The molecule has 0 bridgehead atoms. The number of carbonyl (C=O) groups is 1. The summed E-state index contributed by atoms with van der Waals surface area (Å²) in [5.41, 5.74) is 2.14. The molecule has 3 rings (SSSR count). The van der Waals surface area contributed by atoms with Crippen molar-refractivity contribution in [3.8, 4) is 5.75 Å². The van der Waals surface area contributed by atoms with Gasteiger partial charge in [-0.3, -0.25) is 4.79 Å². The van der Waals surface area contributed by atoms with E-state index in [0.717, 1.165) is 11.8 Å². The van der Waals surface area contributed by atoms with E-state index in [0.29, 0.717) is 22.8 Å². The summed E-state index contributed by atoms with van der Waals surface area (Å²) in [6.07, 6.45) is 1.36. The highest BCUT2D eigenvalue weighted by Crippen LogP contribution is 2.40. The number of hydrogen-bond acceptors (Lipinski definition) is 5. The third kappa shape index (κ3) is 3.54. The lowest BCUT2D eigenvalue weighted by molar-refractivity contribution is -0.116. The molecule has 2 N–H and O–H groups in total. The zero-order valence-electron chi connectivity index (χ0n) is 14.2. The first kappa shape index (κ1) is 17.5. The van der Waals surface area contributed by atoms with Crippen molar-refractivity contribution in [2.75, 3.05) is 18.6 Å². The number of aryl methyl sites for hydroxylation is 1. The van der Waals surface area contributed by atoms with Crippen LogP contribution >= 0.6 is 0 Å². The summed E-state index contributed by atoms with van der Waals surface area (Å²) in [6.45, 7) is 1.91. The topological polar surface area (TPSA) is 99.9 Å². The molecule has 0 saturated carbocycles. The van der Waals surface area contributed by atoms with E-state index in [9.17, 15) is 18.3 Å². The molecule has 0 unspecified atom stereocenters. The lowest BCUT2D eigenvalue weighted by Gasteiger charge is -2.25. The molecule has 0 radical (unpaired) electrons. The Balaban J connectivity index is 1.93. The van der Waals surface area contributed by atoms with E-state index in [2.05, 4.69) is 5.32 Å². The number of furan rings is 1. The molecule has 0 saturated heterocycles. The van der Waals surface area contributed by atoms with Crippen molar-refractivity contribution in [1.82, 2.24) is 4.31 Å². The number of rotatable bonds is 4. The number of sulfonamides is 1. The molecule has 0 spiro atoms. The Labute approximate surface area is 146 Å². The van der Waals surface area contributed by atoms with Crippen LogP contribution in [-0.4, -0.2) is 37.0 Å². The number of fused-ring (bicyclic) bond motifs is 1. The second kappa shape index (κ2) is 6.20. The molecule has 0 fully saturated rings. The first-order valence-electron chi connectivity index (χ1n) is 7.78. The van der Waals surface area contributed by atoms with Crippen molar-refractivity contribution in [3.05, 3.63) is 46.9 Å². The smallest absolute Gasteiger partial charge is 0.225 e. The monoisotopic (exact) mass is 364 g/mol. The second-order valence-corrected chi connectivity index (χ2v) is 8.44. The molecule has 134 valence electrons. The molecule has 2 aromatic rings. The van der Waals surface area contributed by atoms with Gasteiger partial charge in [-0.25, -0.2) is 8.42 Å². The maximum atomic E-state index is 12.0. The molecular weight excluding hydrogens is 344 g/mol. The summed E-state index contributed by atoms with van der Waals surface area (Å²) in [5.74, 6) is 0.783. The minimum absolute atomic E-state index is 0.120. The first-order valence-corrected chi connectivity index (χ1v) is 9.63. The fourth-order valence-corrected chi connectivity index (χ4v) is 3.23. The molecule has 1 aliphatic rings. The Bertz CT molecular complexity index is 933. The van der Waals surface area contributed by atoms with Crippen molar-refractivity contribution in [1.29, 1.82) is 0 Å². The molecule has 1 atom stereocenters. The van der Waals surface area contributed by atoms with Gasteiger partial charge in [0.05, 0.1) is 18.7 Å². The number of phenols is 1. The molecule has 2 heterocycles. The highest BCUT2D eigenvalue weighted by atomic mass is 32.2. The van der Waals surface area contributed by atoms with Gasteiger partial charge < -0.3 is 14.8 Å². The average molecular weight is 364 g/mol. The van der Waals surface area contributed by atoms with Gasteiger partial charge in [0.25, 0.3) is 0 Å². The van der Waals surface area contributed by atoms with E-state index in [1.54, 1.807) is 19.1 Å². The van der Waals surface area contributed by atoms with E-state index in [1.807, 2.05) is 6.07 Å². The third-order valence-electron chi connectivity index (χ3n) is 4.38. The predicted octanol–water partition coefficient (Wildman–Crippen LogP) is 2.16.